The van der Waals surface area contributed by atoms with Crippen LogP contribution in [-0.2, 0) is 47.6 Å². The van der Waals surface area contributed by atoms with Crippen LogP contribution < -0.4 is 0 Å². The van der Waals surface area contributed by atoms with Crippen LogP contribution in [0.15, 0.2) is 0 Å². The summed E-state index contributed by atoms with van der Waals surface area (Å²) < 4.78 is 62.1. The summed E-state index contributed by atoms with van der Waals surface area (Å²) in [6, 6.07) is 0. The molecule has 0 aliphatic carbocycles. The Kier molecular flexibility index (Phi) is 12.6. The summed E-state index contributed by atoms with van der Waals surface area (Å²) in [4.78, 5) is 49.5. The number of aliphatic hydroxyl groups is 6. The molecule has 1 heterocycles. The maximum absolute atomic E-state index is 12.5. The Morgan fingerprint density at radius 3 is 1.68 bits per heavy atom. The molecule has 0 bridgehead atoms. The van der Waals surface area contributed by atoms with E-state index in [9.17, 15) is 44.7 Å². The fourth-order valence-electron chi connectivity index (χ4n) is 3.30. The van der Waals surface area contributed by atoms with Crippen molar-refractivity contribution < 1.29 is 83.7 Å². The van der Waals surface area contributed by atoms with E-state index in [0.717, 1.165) is 27.7 Å². The van der Waals surface area contributed by atoms with Gasteiger partial charge >= 0.3 is 23.9 Å². The van der Waals surface area contributed by atoms with Crippen LogP contribution in [0.1, 0.15) is 58.8 Å². The van der Waals surface area contributed by atoms with Crippen LogP contribution >= 0.6 is 0 Å². The molecule has 0 aromatic carbocycles. The molecule has 1 aliphatic rings. The van der Waals surface area contributed by atoms with E-state index in [1.807, 2.05) is 0 Å². The highest BCUT2D eigenvalue weighted by atomic mass is 16.8. The van der Waals surface area contributed by atoms with Crippen molar-refractivity contribution in [2.75, 3.05) is 13.2 Å². The first-order valence-corrected chi connectivity index (χ1v) is 12.1. The number of hydrogen-bond acceptors (Lipinski definition) is 16. The SMILES string of the molecule is [2H]C(C)C(=O)OC[C@H]1OC(OC(O)[C@@H](O)[C@@H](O)[C@H](O)[C@H](O)CO)[C@@H](OC(=O)C([2H])C)[C@@H](OC(=O)C([2H])C)[C@@H]1OC(=O)C([2H])C. The maximum Gasteiger partial charge on any atom is 0.306 e. The first kappa shape index (κ1) is 29.1. The predicted molar refractivity (Wildman–Crippen MR) is 129 cm³/mol. The monoisotopic (exact) mass is 588 g/mol. The fraction of sp³-hybridized carbons (Fsp3) is 0.833. The average Bonchev–Trinajstić information content (AvgIpc) is 2.96. The van der Waals surface area contributed by atoms with Crippen molar-refractivity contribution in [1.29, 1.82) is 0 Å². The zero-order valence-electron chi connectivity index (χ0n) is 26.3. The molecule has 0 spiro atoms. The third-order valence-corrected chi connectivity index (χ3v) is 5.53. The van der Waals surface area contributed by atoms with E-state index in [4.69, 9.17) is 39.0 Å². The second kappa shape index (κ2) is 17.4. The van der Waals surface area contributed by atoms with Gasteiger partial charge < -0.3 is 59.1 Å². The van der Waals surface area contributed by atoms with Crippen molar-refractivity contribution in [1.82, 2.24) is 0 Å². The van der Waals surface area contributed by atoms with Gasteiger partial charge in [-0.1, -0.05) is 27.7 Å². The Hall–Kier alpha value is -2.44. The van der Waals surface area contributed by atoms with Crippen LogP contribution in [0.25, 0.3) is 0 Å². The summed E-state index contributed by atoms with van der Waals surface area (Å²) in [7, 11) is 0. The summed E-state index contributed by atoms with van der Waals surface area (Å²) >= 11 is 0. The van der Waals surface area contributed by atoms with Crippen LogP contribution in [0, 0.1) is 0 Å². The quantitative estimate of drug-likeness (QED) is 0.0615. The number of ether oxygens (including phenoxy) is 6. The molecule has 14 atom stereocenters. The molecule has 0 aromatic heterocycles. The molecule has 1 aliphatic heterocycles. The van der Waals surface area contributed by atoms with Gasteiger partial charge in [-0.3, -0.25) is 19.2 Å². The van der Waals surface area contributed by atoms with Gasteiger partial charge in [0, 0.05) is 31.1 Å². The van der Waals surface area contributed by atoms with Gasteiger partial charge in [0.15, 0.2) is 24.6 Å². The maximum atomic E-state index is 12.5. The van der Waals surface area contributed by atoms with Gasteiger partial charge in [-0.15, -0.1) is 0 Å². The highest BCUT2D eigenvalue weighted by molar-refractivity contribution is 5.71. The van der Waals surface area contributed by atoms with Crippen LogP contribution in [-0.4, -0.2) is 129 Å². The number of esters is 4. The highest BCUT2D eigenvalue weighted by Crippen LogP contribution is 2.31. The minimum atomic E-state index is -2.56. The van der Waals surface area contributed by atoms with Crippen LogP contribution in [0.4, 0.5) is 0 Å². The lowest BCUT2D eigenvalue weighted by molar-refractivity contribution is -0.349. The topological polar surface area (TPSA) is 245 Å². The number of hydrogen-bond donors (Lipinski definition) is 6. The molecule has 40 heavy (non-hydrogen) atoms. The Balaban J connectivity index is 3.64. The third-order valence-electron chi connectivity index (χ3n) is 5.53. The highest BCUT2D eigenvalue weighted by Gasteiger charge is 2.54. The van der Waals surface area contributed by atoms with E-state index in [-0.39, 0.29) is 0 Å². The summed E-state index contributed by atoms with van der Waals surface area (Å²) in [6.45, 7) is 2.56. The van der Waals surface area contributed by atoms with Crippen LogP contribution in [0.5, 0.6) is 0 Å². The number of aliphatic hydroxyl groups excluding tert-OH is 6. The summed E-state index contributed by atoms with van der Waals surface area (Å²) in [5.41, 5.74) is 0. The zero-order valence-corrected chi connectivity index (χ0v) is 22.3. The molecule has 1 fully saturated rings. The lowest BCUT2D eigenvalue weighted by Crippen LogP contribution is -2.64. The molecular weight excluding hydrogens is 544 g/mol. The lowest BCUT2D eigenvalue weighted by Gasteiger charge is -2.45. The minimum absolute atomic E-state index is 0.852. The van der Waals surface area contributed by atoms with Crippen molar-refractivity contribution in [2.24, 2.45) is 0 Å². The van der Waals surface area contributed by atoms with Crippen molar-refractivity contribution in [3.63, 3.8) is 0 Å². The van der Waals surface area contributed by atoms with Gasteiger partial charge in [-0.05, 0) is 0 Å². The van der Waals surface area contributed by atoms with Crippen LogP contribution in [0.3, 0.4) is 0 Å². The van der Waals surface area contributed by atoms with E-state index in [1.165, 1.54) is 0 Å². The van der Waals surface area contributed by atoms with E-state index in [0.29, 0.717) is 0 Å². The van der Waals surface area contributed by atoms with Gasteiger partial charge in [0.25, 0.3) is 0 Å². The van der Waals surface area contributed by atoms with Crippen molar-refractivity contribution in [3.05, 3.63) is 0 Å². The molecule has 1 rings (SSSR count). The predicted octanol–water partition coefficient (Wildman–Crippen LogP) is -2.60. The van der Waals surface area contributed by atoms with E-state index < -0.39 is 124 Å². The zero-order chi connectivity index (χ0) is 34.0. The third kappa shape index (κ3) is 10.2. The first-order valence-electron chi connectivity index (χ1n) is 14.4. The second-order valence-electron chi connectivity index (χ2n) is 8.28. The fourth-order valence-corrected chi connectivity index (χ4v) is 3.30. The van der Waals surface area contributed by atoms with Gasteiger partial charge in [-0.2, -0.15) is 0 Å². The van der Waals surface area contributed by atoms with Crippen LogP contribution in [0.2, 0.25) is 0 Å². The molecule has 0 aromatic rings. The standard InChI is InChI=1S/C24H40O16/c1-5-13(27)35-10-12-20(37-14(28)6-2)21(38-15(29)7-3)22(39-16(30)8-4)24(36-12)40-23(34)19(33)18(32)17(31)11(26)9-25/h11-12,17-26,31-34H,5-10H2,1-4H3/t11-,12-,17-,18+,19+,20-,21+,22+,23?,24?/m1/s1/i5D,6D,7D,8D/t5?,6?,7?,8?,11-,12-,17-,18+,19+,20-,21+,22+,23?,24?. The lowest BCUT2D eigenvalue weighted by atomic mass is 9.97. The van der Waals surface area contributed by atoms with Crippen molar-refractivity contribution in [2.45, 2.75) is 115 Å². The Bertz CT molecular complexity index is 953. The molecule has 0 saturated carbocycles. The Morgan fingerprint density at radius 1 is 0.725 bits per heavy atom. The molecule has 0 amide bonds. The number of carbonyl (C=O) groups is 4. The van der Waals surface area contributed by atoms with E-state index in [2.05, 4.69) is 0 Å². The Morgan fingerprint density at radius 2 is 1.20 bits per heavy atom. The summed E-state index contributed by atoms with van der Waals surface area (Å²) in [5, 5.41) is 59.4. The molecule has 16 nitrogen and oxygen atoms in total. The largest absolute Gasteiger partial charge is 0.463 e. The van der Waals surface area contributed by atoms with Crippen molar-refractivity contribution >= 4 is 23.9 Å². The van der Waals surface area contributed by atoms with Crippen molar-refractivity contribution in [3.8, 4) is 0 Å². The molecule has 6 unspecified atom stereocenters. The normalized spacial score (nSPS) is 31.1. The molecule has 16 heteroatoms. The number of rotatable bonds is 16. The molecule has 0 radical (unpaired) electrons. The van der Waals surface area contributed by atoms with Gasteiger partial charge in [0.1, 0.15) is 37.1 Å². The van der Waals surface area contributed by atoms with Gasteiger partial charge in [0.2, 0.25) is 6.29 Å². The summed E-state index contributed by atoms with van der Waals surface area (Å²) in [6.07, 6.45) is -27.4. The molecule has 1 saturated heterocycles. The summed E-state index contributed by atoms with van der Waals surface area (Å²) in [5.74, 6) is -4.89. The smallest absolute Gasteiger partial charge is 0.306 e. The molecular formula is C24H40O16. The molecule has 232 valence electrons. The van der Waals surface area contributed by atoms with E-state index >= 15 is 0 Å². The Labute approximate surface area is 236 Å². The average molecular weight is 589 g/mol. The second-order valence-corrected chi connectivity index (χ2v) is 8.28. The molecule has 6 N–H and O–H groups in total. The van der Waals surface area contributed by atoms with E-state index in [1.54, 1.807) is 0 Å². The van der Waals surface area contributed by atoms with Gasteiger partial charge in [-0.25, -0.2) is 0 Å². The van der Waals surface area contributed by atoms with Gasteiger partial charge in [0.05, 0.1) is 6.61 Å². The minimum Gasteiger partial charge on any atom is -0.463 e. The first-order chi connectivity index (χ1) is 20.3. The number of carbonyl (C=O) groups excluding carboxylic acids is 4.